The van der Waals surface area contributed by atoms with E-state index in [0.717, 1.165) is 12.1 Å². The number of alkyl halides is 3. The fraction of sp³-hybridized carbons (Fsp3) is 0.222. The number of rotatable bonds is 2. The van der Waals surface area contributed by atoms with E-state index in [-0.39, 0.29) is 11.4 Å². The molecule has 16 heavy (non-hydrogen) atoms. The number of carbonyl (C=O) groups is 1. The Hall–Kier alpha value is -1.92. The van der Waals surface area contributed by atoms with E-state index in [1.54, 1.807) is 0 Å². The van der Waals surface area contributed by atoms with Crippen molar-refractivity contribution in [3.8, 4) is 5.75 Å². The lowest BCUT2D eigenvalue weighted by Gasteiger charge is -2.11. The van der Waals surface area contributed by atoms with Crippen molar-refractivity contribution in [3.05, 3.63) is 23.8 Å². The van der Waals surface area contributed by atoms with Crippen LogP contribution in [0.5, 0.6) is 5.75 Å². The standard InChI is InChI=1S/C9H8F3NO3/c1-5-4-6(16-9(10,11)12)2-3-7(5)13-8(14)15/h2-4,13H,1H3,(H,14,15). The number of halogens is 3. The third-order valence-electron chi connectivity index (χ3n) is 1.67. The number of benzene rings is 1. The molecule has 0 saturated carbocycles. The van der Waals surface area contributed by atoms with Crippen molar-refractivity contribution >= 4 is 11.8 Å². The summed E-state index contributed by atoms with van der Waals surface area (Å²) in [6.45, 7) is 1.47. The number of hydrogen-bond acceptors (Lipinski definition) is 2. The maximum atomic E-state index is 11.9. The number of anilines is 1. The molecule has 0 spiro atoms. The molecule has 0 radical (unpaired) electrons. The summed E-state index contributed by atoms with van der Waals surface area (Å²) in [5.41, 5.74) is 0.547. The molecule has 0 unspecified atom stereocenters. The van der Waals surface area contributed by atoms with Crippen molar-refractivity contribution in [1.82, 2.24) is 0 Å². The predicted octanol–water partition coefficient (Wildman–Crippen LogP) is 2.98. The molecule has 1 rings (SSSR count). The van der Waals surface area contributed by atoms with Crippen LogP contribution in [-0.4, -0.2) is 17.6 Å². The lowest BCUT2D eigenvalue weighted by Crippen LogP contribution is -2.17. The normalized spacial score (nSPS) is 11.0. The van der Waals surface area contributed by atoms with Gasteiger partial charge in [-0.1, -0.05) is 0 Å². The summed E-state index contributed by atoms with van der Waals surface area (Å²) in [4.78, 5) is 10.3. The first kappa shape index (κ1) is 12.2. The van der Waals surface area contributed by atoms with Crippen LogP contribution >= 0.6 is 0 Å². The molecule has 0 fully saturated rings. The Morgan fingerprint density at radius 3 is 2.50 bits per heavy atom. The molecule has 0 saturated heterocycles. The van der Waals surface area contributed by atoms with Crippen molar-refractivity contribution < 1.29 is 27.8 Å². The summed E-state index contributed by atoms with van der Waals surface area (Å²) in [5, 5.41) is 10.5. The van der Waals surface area contributed by atoms with Gasteiger partial charge >= 0.3 is 12.5 Å². The van der Waals surface area contributed by atoms with Gasteiger partial charge in [-0.25, -0.2) is 4.79 Å². The highest BCUT2D eigenvalue weighted by Crippen LogP contribution is 2.26. The number of nitrogens with one attached hydrogen (secondary N) is 1. The molecule has 0 bridgehead atoms. The second kappa shape index (κ2) is 4.30. The van der Waals surface area contributed by atoms with E-state index in [0.29, 0.717) is 5.56 Å². The van der Waals surface area contributed by atoms with Gasteiger partial charge in [-0.3, -0.25) is 5.32 Å². The van der Waals surface area contributed by atoms with E-state index in [1.165, 1.54) is 13.0 Å². The number of aryl methyl sites for hydroxylation is 1. The van der Waals surface area contributed by atoms with E-state index in [4.69, 9.17) is 5.11 Å². The van der Waals surface area contributed by atoms with Crippen LogP contribution in [0.4, 0.5) is 23.7 Å². The first-order valence-corrected chi connectivity index (χ1v) is 4.14. The molecule has 4 nitrogen and oxygen atoms in total. The maximum Gasteiger partial charge on any atom is 0.573 e. The zero-order valence-electron chi connectivity index (χ0n) is 8.13. The second-order valence-electron chi connectivity index (χ2n) is 2.95. The summed E-state index contributed by atoms with van der Waals surface area (Å²) < 4.78 is 39.2. The van der Waals surface area contributed by atoms with Gasteiger partial charge in [-0.05, 0) is 30.7 Å². The van der Waals surface area contributed by atoms with Crippen molar-refractivity contribution in [3.63, 3.8) is 0 Å². The van der Waals surface area contributed by atoms with Crippen LogP contribution in [0, 0.1) is 6.92 Å². The molecule has 0 aliphatic rings. The molecule has 0 aliphatic carbocycles. The summed E-state index contributed by atoms with van der Waals surface area (Å²) in [5.74, 6) is -0.388. The Bertz CT molecular complexity index is 403. The minimum Gasteiger partial charge on any atom is -0.465 e. The minimum absolute atomic E-state index is 0.210. The lowest BCUT2D eigenvalue weighted by atomic mass is 10.2. The summed E-state index contributed by atoms with van der Waals surface area (Å²) in [6.07, 6.45) is -6.04. The highest BCUT2D eigenvalue weighted by atomic mass is 19.4. The van der Waals surface area contributed by atoms with Gasteiger partial charge in [0, 0.05) is 5.69 Å². The van der Waals surface area contributed by atoms with Gasteiger partial charge in [0.2, 0.25) is 0 Å². The van der Waals surface area contributed by atoms with Crippen molar-refractivity contribution in [2.24, 2.45) is 0 Å². The van der Waals surface area contributed by atoms with Gasteiger partial charge in [0.25, 0.3) is 0 Å². The Balaban J connectivity index is 2.87. The summed E-state index contributed by atoms with van der Waals surface area (Å²) in [6, 6.07) is 3.33. The zero-order chi connectivity index (χ0) is 12.3. The van der Waals surface area contributed by atoms with E-state index in [1.807, 2.05) is 5.32 Å². The van der Waals surface area contributed by atoms with E-state index >= 15 is 0 Å². The van der Waals surface area contributed by atoms with Crippen molar-refractivity contribution in [2.75, 3.05) is 5.32 Å². The van der Waals surface area contributed by atoms with Crippen molar-refractivity contribution in [2.45, 2.75) is 13.3 Å². The SMILES string of the molecule is Cc1cc(OC(F)(F)F)ccc1NC(=O)O. The summed E-state index contributed by atoms with van der Waals surface area (Å²) in [7, 11) is 0. The molecule has 1 aromatic rings. The van der Waals surface area contributed by atoms with Crippen LogP contribution in [0.2, 0.25) is 0 Å². The molecule has 0 aromatic heterocycles. The number of carboxylic acid groups (broad SMARTS) is 1. The van der Waals surface area contributed by atoms with Crippen molar-refractivity contribution in [1.29, 1.82) is 0 Å². The lowest BCUT2D eigenvalue weighted by molar-refractivity contribution is -0.274. The third kappa shape index (κ3) is 3.68. The largest absolute Gasteiger partial charge is 0.573 e. The molecule has 0 atom stereocenters. The van der Waals surface area contributed by atoms with Gasteiger partial charge in [0.05, 0.1) is 0 Å². The Kier molecular flexibility index (Phi) is 3.26. The van der Waals surface area contributed by atoms with Gasteiger partial charge in [-0.15, -0.1) is 13.2 Å². The third-order valence-corrected chi connectivity index (χ3v) is 1.67. The Morgan fingerprint density at radius 2 is 2.06 bits per heavy atom. The Labute approximate surface area is 88.6 Å². The van der Waals surface area contributed by atoms with E-state index in [2.05, 4.69) is 4.74 Å². The molecular weight excluding hydrogens is 227 g/mol. The van der Waals surface area contributed by atoms with Gasteiger partial charge in [0.15, 0.2) is 0 Å². The molecule has 88 valence electrons. The van der Waals surface area contributed by atoms with Crippen LogP contribution in [0.15, 0.2) is 18.2 Å². The quantitative estimate of drug-likeness (QED) is 0.828. The van der Waals surface area contributed by atoms with Crippen LogP contribution in [0.1, 0.15) is 5.56 Å². The summed E-state index contributed by atoms with van der Waals surface area (Å²) >= 11 is 0. The molecule has 0 aliphatic heterocycles. The number of hydrogen-bond donors (Lipinski definition) is 2. The zero-order valence-corrected chi connectivity index (χ0v) is 8.13. The van der Waals surface area contributed by atoms with Crippen LogP contribution in [0.25, 0.3) is 0 Å². The minimum atomic E-state index is -4.76. The van der Waals surface area contributed by atoms with Crippen LogP contribution in [0.3, 0.4) is 0 Å². The average Bonchev–Trinajstić information content (AvgIpc) is 2.06. The molecule has 1 amide bonds. The number of amides is 1. The predicted molar refractivity (Wildman–Crippen MR) is 49.5 cm³/mol. The van der Waals surface area contributed by atoms with Gasteiger partial charge < -0.3 is 9.84 Å². The van der Waals surface area contributed by atoms with Gasteiger partial charge in [0.1, 0.15) is 5.75 Å². The first-order valence-electron chi connectivity index (χ1n) is 4.14. The Morgan fingerprint density at radius 1 is 1.44 bits per heavy atom. The van der Waals surface area contributed by atoms with Gasteiger partial charge in [-0.2, -0.15) is 0 Å². The first-order chi connectivity index (χ1) is 7.28. The fourth-order valence-corrected chi connectivity index (χ4v) is 1.09. The van der Waals surface area contributed by atoms with E-state index in [9.17, 15) is 18.0 Å². The highest BCUT2D eigenvalue weighted by Gasteiger charge is 2.31. The topological polar surface area (TPSA) is 58.6 Å². The monoisotopic (exact) mass is 235 g/mol. The molecule has 2 N–H and O–H groups in total. The second-order valence-corrected chi connectivity index (χ2v) is 2.95. The molecule has 0 heterocycles. The van der Waals surface area contributed by atoms with E-state index < -0.39 is 12.5 Å². The smallest absolute Gasteiger partial charge is 0.465 e. The van der Waals surface area contributed by atoms with Crippen LogP contribution < -0.4 is 10.1 Å². The molecule has 7 heteroatoms. The average molecular weight is 235 g/mol. The molecular formula is C9H8F3NO3. The highest BCUT2D eigenvalue weighted by molar-refractivity contribution is 5.84. The fourth-order valence-electron chi connectivity index (χ4n) is 1.09. The number of ether oxygens (including phenoxy) is 1. The molecule has 1 aromatic carbocycles. The van der Waals surface area contributed by atoms with Crippen LogP contribution in [-0.2, 0) is 0 Å². The maximum absolute atomic E-state index is 11.9.